The molecule has 1 aliphatic rings. The second kappa shape index (κ2) is 5.94. The van der Waals surface area contributed by atoms with Gasteiger partial charge < -0.3 is 5.32 Å². The van der Waals surface area contributed by atoms with Gasteiger partial charge in [-0.3, -0.25) is 0 Å². The Morgan fingerprint density at radius 3 is 2.69 bits per heavy atom. The molecule has 0 radical (unpaired) electrons. The Hall–Kier alpha value is -0.960. The maximum atomic E-state index is 4.15. The average molecular weight is 219 g/mol. The molecule has 1 aromatic rings. The van der Waals surface area contributed by atoms with Crippen LogP contribution in [0.4, 0.5) is 0 Å². The van der Waals surface area contributed by atoms with Crippen molar-refractivity contribution in [3.05, 3.63) is 24.3 Å². The molecule has 0 bridgehead atoms. The molecule has 1 fully saturated rings. The van der Waals surface area contributed by atoms with Crippen LogP contribution in [0.25, 0.3) is 0 Å². The highest BCUT2D eigenvalue weighted by atomic mass is 14.8. The fourth-order valence-electron chi connectivity index (χ4n) is 2.83. The van der Waals surface area contributed by atoms with Gasteiger partial charge in [-0.05, 0) is 43.8 Å². The maximum absolute atomic E-state index is 4.15. The summed E-state index contributed by atoms with van der Waals surface area (Å²) in [5, 5.41) is 3.32. The molecule has 1 heterocycles. The van der Waals surface area contributed by atoms with Crippen LogP contribution < -0.4 is 5.32 Å². The summed E-state index contributed by atoms with van der Waals surface area (Å²) in [5.41, 5.74) is 1.32. The molecule has 1 aliphatic carbocycles. The Morgan fingerprint density at radius 2 is 1.94 bits per heavy atom. The first kappa shape index (κ1) is 11.5. The number of hydrogen-bond acceptors (Lipinski definition) is 3. The van der Waals surface area contributed by atoms with E-state index in [9.17, 15) is 0 Å². The van der Waals surface area contributed by atoms with Crippen LogP contribution in [0.2, 0.25) is 0 Å². The van der Waals surface area contributed by atoms with Gasteiger partial charge in [0.1, 0.15) is 6.33 Å². The fourth-order valence-corrected chi connectivity index (χ4v) is 2.83. The molecule has 2 atom stereocenters. The number of hydrogen-bond donors (Lipinski definition) is 1. The lowest BCUT2D eigenvalue weighted by Crippen LogP contribution is -2.24. The van der Waals surface area contributed by atoms with Crippen LogP contribution in [0.3, 0.4) is 0 Å². The molecule has 16 heavy (non-hydrogen) atoms. The molecule has 3 heteroatoms. The second-order valence-corrected chi connectivity index (χ2v) is 4.73. The highest BCUT2D eigenvalue weighted by molar-refractivity contribution is 5.12. The van der Waals surface area contributed by atoms with E-state index in [1.165, 1.54) is 37.7 Å². The van der Waals surface area contributed by atoms with Gasteiger partial charge in [0.15, 0.2) is 0 Å². The number of aromatic nitrogens is 2. The summed E-state index contributed by atoms with van der Waals surface area (Å²) in [6.07, 6.45) is 12.3. The fraction of sp³-hybridized carbons (Fsp3) is 0.692. The summed E-state index contributed by atoms with van der Waals surface area (Å²) in [4.78, 5) is 8.31. The summed E-state index contributed by atoms with van der Waals surface area (Å²) in [6.45, 7) is 1.11. The summed E-state index contributed by atoms with van der Waals surface area (Å²) < 4.78 is 0. The van der Waals surface area contributed by atoms with Gasteiger partial charge >= 0.3 is 0 Å². The molecule has 3 nitrogen and oxygen atoms in total. The first-order chi connectivity index (χ1) is 7.92. The molecule has 1 aromatic heterocycles. The van der Waals surface area contributed by atoms with Crippen molar-refractivity contribution in [2.24, 2.45) is 5.92 Å². The maximum Gasteiger partial charge on any atom is 0.115 e. The third-order valence-corrected chi connectivity index (χ3v) is 3.63. The van der Waals surface area contributed by atoms with Crippen molar-refractivity contribution in [3.8, 4) is 0 Å². The molecule has 88 valence electrons. The minimum absolute atomic E-state index is 0.649. The summed E-state index contributed by atoms with van der Waals surface area (Å²) in [7, 11) is 2.05. The van der Waals surface area contributed by atoms with Crippen molar-refractivity contribution >= 4 is 0 Å². The Bertz CT molecular complexity index is 299. The number of rotatable bonds is 3. The predicted octanol–water partition coefficient (Wildman–Crippen LogP) is 2.36. The van der Waals surface area contributed by atoms with Gasteiger partial charge in [0, 0.05) is 12.4 Å². The summed E-state index contributed by atoms with van der Waals surface area (Å²) >= 11 is 0. The van der Waals surface area contributed by atoms with Gasteiger partial charge in [-0.15, -0.1) is 0 Å². The molecule has 0 aliphatic heterocycles. The van der Waals surface area contributed by atoms with E-state index in [2.05, 4.69) is 15.3 Å². The monoisotopic (exact) mass is 219 g/mol. The van der Waals surface area contributed by atoms with Gasteiger partial charge in [0.2, 0.25) is 0 Å². The second-order valence-electron chi connectivity index (χ2n) is 4.73. The SMILES string of the molecule is CNCC1CCCCCC1c1cncnc1. The van der Waals surface area contributed by atoms with E-state index in [1.54, 1.807) is 6.33 Å². The first-order valence-corrected chi connectivity index (χ1v) is 6.31. The van der Waals surface area contributed by atoms with E-state index in [-0.39, 0.29) is 0 Å². The topological polar surface area (TPSA) is 37.8 Å². The first-order valence-electron chi connectivity index (χ1n) is 6.31. The smallest absolute Gasteiger partial charge is 0.115 e. The van der Waals surface area contributed by atoms with Crippen molar-refractivity contribution < 1.29 is 0 Å². The molecule has 0 aromatic carbocycles. The molecule has 1 N–H and O–H groups in total. The average Bonchev–Trinajstić information content (AvgIpc) is 2.56. The molecular formula is C13H21N3. The highest BCUT2D eigenvalue weighted by Gasteiger charge is 2.24. The van der Waals surface area contributed by atoms with E-state index in [4.69, 9.17) is 0 Å². The molecule has 0 amide bonds. The number of nitrogens with one attached hydrogen (secondary N) is 1. The molecule has 0 saturated heterocycles. The lowest BCUT2D eigenvalue weighted by Gasteiger charge is -2.24. The van der Waals surface area contributed by atoms with Gasteiger partial charge in [-0.1, -0.05) is 19.3 Å². The lowest BCUT2D eigenvalue weighted by atomic mass is 9.83. The lowest BCUT2D eigenvalue weighted by molar-refractivity contribution is 0.385. The van der Waals surface area contributed by atoms with Crippen LogP contribution in [-0.4, -0.2) is 23.6 Å². The zero-order valence-corrected chi connectivity index (χ0v) is 10.0. The predicted molar refractivity (Wildman–Crippen MR) is 65.3 cm³/mol. The normalized spacial score (nSPS) is 26.3. The van der Waals surface area contributed by atoms with E-state index in [0.29, 0.717) is 5.92 Å². The van der Waals surface area contributed by atoms with Crippen LogP contribution in [0.15, 0.2) is 18.7 Å². The van der Waals surface area contributed by atoms with Gasteiger partial charge in [0.05, 0.1) is 0 Å². The molecule has 2 unspecified atom stereocenters. The Labute approximate surface area is 97.7 Å². The van der Waals surface area contributed by atoms with Crippen LogP contribution in [0, 0.1) is 5.92 Å². The van der Waals surface area contributed by atoms with Crippen molar-refractivity contribution in [2.75, 3.05) is 13.6 Å². The van der Waals surface area contributed by atoms with Crippen LogP contribution in [0.5, 0.6) is 0 Å². The van der Waals surface area contributed by atoms with Crippen molar-refractivity contribution in [1.82, 2.24) is 15.3 Å². The Balaban J connectivity index is 2.14. The Morgan fingerprint density at radius 1 is 1.19 bits per heavy atom. The third-order valence-electron chi connectivity index (χ3n) is 3.63. The number of nitrogens with zero attached hydrogens (tertiary/aromatic N) is 2. The van der Waals surface area contributed by atoms with Gasteiger partial charge in [-0.2, -0.15) is 0 Å². The quantitative estimate of drug-likeness (QED) is 0.793. The van der Waals surface area contributed by atoms with Crippen LogP contribution in [0.1, 0.15) is 43.6 Å². The van der Waals surface area contributed by atoms with E-state index < -0.39 is 0 Å². The van der Waals surface area contributed by atoms with Gasteiger partial charge in [-0.25, -0.2) is 9.97 Å². The van der Waals surface area contributed by atoms with Crippen molar-refractivity contribution in [2.45, 2.75) is 38.0 Å². The largest absolute Gasteiger partial charge is 0.319 e. The van der Waals surface area contributed by atoms with E-state index >= 15 is 0 Å². The van der Waals surface area contributed by atoms with Gasteiger partial charge in [0.25, 0.3) is 0 Å². The van der Waals surface area contributed by atoms with Crippen LogP contribution >= 0.6 is 0 Å². The highest BCUT2D eigenvalue weighted by Crippen LogP contribution is 2.35. The molecule has 2 rings (SSSR count). The third kappa shape index (κ3) is 2.79. The summed E-state index contributed by atoms with van der Waals surface area (Å²) in [6, 6.07) is 0. The zero-order valence-electron chi connectivity index (χ0n) is 10.0. The minimum atomic E-state index is 0.649. The molecule has 1 saturated carbocycles. The minimum Gasteiger partial charge on any atom is -0.319 e. The summed E-state index contributed by atoms with van der Waals surface area (Å²) in [5.74, 6) is 1.40. The van der Waals surface area contributed by atoms with E-state index in [1.807, 2.05) is 19.4 Å². The Kier molecular flexibility index (Phi) is 4.28. The van der Waals surface area contributed by atoms with Crippen molar-refractivity contribution in [3.63, 3.8) is 0 Å². The molecule has 0 spiro atoms. The molecular weight excluding hydrogens is 198 g/mol. The van der Waals surface area contributed by atoms with E-state index in [0.717, 1.165) is 12.5 Å². The zero-order chi connectivity index (χ0) is 11.2. The standard InChI is InChI=1S/C13H21N3/c1-14-7-11-5-3-2-4-6-13(11)12-8-15-10-16-9-12/h8-11,13-14H,2-7H2,1H3. The van der Waals surface area contributed by atoms with Crippen LogP contribution in [-0.2, 0) is 0 Å². The van der Waals surface area contributed by atoms with Crippen molar-refractivity contribution in [1.29, 1.82) is 0 Å².